The molecule has 114 valence electrons. The normalized spacial score (nSPS) is 10.3. The van der Waals surface area contributed by atoms with Crippen LogP contribution in [0.2, 0.25) is 0 Å². The zero-order chi connectivity index (χ0) is 16.1. The smallest absolute Gasteiger partial charge is 0.255 e. The molecule has 0 bridgehead atoms. The average Bonchev–Trinajstić information content (AvgIpc) is 2.59. The summed E-state index contributed by atoms with van der Waals surface area (Å²) in [6.07, 6.45) is 0. The Morgan fingerprint density at radius 1 is 0.870 bits per heavy atom. The van der Waals surface area contributed by atoms with E-state index in [0.717, 1.165) is 15.5 Å². The van der Waals surface area contributed by atoms with E-state index in [1.165, 1.54) is 5.56 Å². The molecular formula is C20H17NOS. The van der Waals surface area contributed by atoms with Crippen molar-refractivity contribution >= 4 is 23.4 Å². The molecule has 1 amide bonds. The number of carbonyl (C=O) groups is 1. The molecule has 0 heterocycles. The molecule has 1 N–H and O–H groups in total. The van der Waals surface area contributed by atoms with Crippen molar-refractivity contribution in [2.75, 3.05) is 5.32 Å². The summed E-state index contributed by atoms with van der Waals surface area (Å²) in [5, 5.41) is 3.01. The van der Waals surface area contributed by atoms with Crippen molar-refractivity contribution in [3.8, 4) is 0 Å². The van der Waals surface area contributed by atoms with E-state index in [2.05, 4.69) is 30.4 Å². The molecule has 0 fully saturated rings. The van der Waals surface area contributed by atoms with E-state index < -0.39 is 0 Å². The lowest BCUT2D eigenvalue weighted by atomic mass is 10.2. The van der Waals surface area contributed by atoms with E-state index in [4.69, 9.17) is 0 Å². The van der Waals surface area contributed by atoms with Crippen molar-refractivity contribution < 1.29 is 4.79 Å². The Hall–Kier alpha value is -2.52. The van der Waals surface area contributed by atoms with Crippen molar-refractivity contribution in [1.82, 2.24) is 0 Å². The van der Waals surface area contributed by atoms with Gasteiger partial charge in [0.15, 0.2) is 0 Å². The fraction of sp³-hybridized carbons (Fsp3) is 0.0500. The summed E-state index contributed by atoms with van der Waals surface area (Å²) in [5.41, 5.74) is 2.66. The van der Waals surface area contributed by atoms with Gasteiger partial charge in [0.1, 0.15) is 0 Å². The summed E-state index contributed by atoms with van der Waals surface area (Å²) in [4.78, 5) is 14.6. The molecule has 3 aromatic carbocycles. The second kappa shape index (κ2) is 7.16. The molecule has 0 aliphatic carbocycles. The van der Waals surface area contributed by atoms with E-state index in [1.54, 1.807) is 11.8 Å². The van der Waals surface area contributed by atoms with Crippen LogP contribution in [-0.2, 0) is 0 Å². The number of hydrogen-bond acceptors (Lipinski definition) is 2. The third kappa shape index (κ3) is 4.02. The number of amides is 1. The van der Waals surface area contributed by atoms with Gasteiger partial charge in [-0.3, -0.25) is 4.79 Å². The first kappa shape index (κ1) is 15.4. The van der Waals surface area contributed by atoms with Crippen molar-refractivity contribution in [2.45, 2.75) is 16.7 Å². The number of carbonyl (C=O) groups excluding carboxylic acids is 1. The maximum absolute atomic E-state index is 12.4. The van der Waals surface area contributed by atoms with Gasteiger partial charge in [0.05, 0.1) is 5.69 Å². The van der Waals surface area contributed by atoms with Gasteiger partial charge in [-0.05, 0) is 48.9 Å². The van der Waals surface area contributed by atoms with Crippen LogP contribution in [0.15, 0.2) is 88.7 Å². The number of anilines is 1. The summed E-state index contributed by atoms with van der Waals surface area (Å²) in [5.74, 6) is -0.0932. The quantitative estimate of drug-likeness (QED) is 0.697. The minimum Gasteiger partial charge on any atom is -0.321 e. The highest BCUT2D eigenvalue weighted by Crippen LogP contribution is 2.34. The maximum Gasteiger partial charge on any atom is 0.255 e. The highest BCUT2D eigenvalue weighted by Gasteiger charge is 2.10. The molecule has 3 rings (SSSR count). The number of hydrogen-bond donors (Lipinski definition) is 1. The van der Waals surface area contributed by atoms with Crippen LogP contribution in [0.4, 0.5) is 5.69 Å². The van der Waals surface area contributed by atoms with Crippen LogP contribution in [0.5, 0.6) is 0 Å². The van der Waals surface area contributed by atoms with Gasteiger partial charge in [0.25, 0.3) is 5.91 Å². The molecule has 0 aliphatic heterocycles. The molecule has 0 spiro atoms. The Bertz CT molecular complexity index is 800. The van der Waals surface area contributed by atoms with Gasteiger partial charge >= 0.3 is 0 Å². The van der Waals surface area contributed by atoms with Crippen LogP contribution in [-0.4, -0.2) is 5.91 Å². The second-order valence-electron chi connectivity index (χ2n) is 5.23. The summed E-state index contributed by atoms with van der Waals surface area (Å²) < 4.78 is 0. The maximum atomic E-state index is 12.4. The first-order valence-electron chi connectivity index (χ1n) is 7.42. The van der Waals surface area contributed by atoms with Gasteiger partial charge in [-0.25, -0.2) is 0 Å². The minimum atomic E-state index is -0.0932. The predicted molar refractivity (Wildman–Crippen MR) is 96.1 cm³/mol. The number of nitrogens with one attached hydrogen (secondary N) is 1. The highest BCUT2D eigenvalue weighted by atomic mass is 32.2. The molecule has 0 saturated carbocycles. The van der Waals surface area contributed by atoms with Crippen LogP contribution in [0.3, 0.4) is 0 Å². The Kier molecular flexibility index (Phi) is 4.79. The van der Waals surface area contributed by atoms with E-state index in [-0.39, 0.29) is 5.91 Å². The summed E-state index contributed by atoms with van der Waals surface area (Å²) >= 11 is 1.65. The second-order valence-corrected chi connectivity index (χ2v) is 6.35. The van der Waals surface area contributed by atoms with Gasteiger partial charge in [0.2, 0.25) is 0 Å². The molecule has 0 unspecified atom stereocenters. The molecule has 0 atom stereocenters. The fourth-order valence-electron chi connectivity index (χ4n) is 2.22. The number of rotatable bonds is 4. The summed E-state index contributed by atoms with van der Waals surface area (Å²) in [6.45, 7) is 2.05. The molecule has 3 aromatic rings. The zero-order valence-corrected chi connectivity index (χ0v) is 13.6. The van der Waals surface area contributed by atoms with Crippen LogP contribution >= 0.6 is 11.8 Å². The monoisotopic (exact) mass is 319 g/mol. The van der Waals surface area contributed by atoms with Gasteiger partial charge < -0.3 is 5.32 Å². The fourth-order valence-corrected chi connectivity index (χ4v) is 3.24. The molecule has 0 saturated heterocycles. The lowest BCUT2D eigenvalue weighted by molar-refractivity contribution is 0.102. The van der Waals surface area contributed by atoms with Gasteiger partial charge in [0, 0.05) is 15.4 Å². The minimum absolute atomic E-state index is 0.0932. The van der Waals surface area contributed by atoms with Crippen molar-refractivity contribution in [3.05, 3.63) is 90.0 Å². The van der Waals surface area contributed by atoms with Crippen molar-refractivity contribution in [1.29, 1.82) is 0 Å². The number of benzene rings is 3. The first-order chi connectivity index (χ1) is 11.2. The SMILES string of the molecule is Cc1ccc(NC(=O)c2ccccc2)c(Sc2ccccc2)c1. The molecule has 3 heteroatoms. The topological polar surface area (TPSA) is 29.1 Å². The molecule has 2 nitrogen and oxygen atoms in total. The van der Waals surface area contributed by atoms with Crippen LogP contribution in [0.1, 0.15) is 15.9 Å². The highest BCUT2D eigenvalue weighted by molar-refractivity contribution is 7.99. The van der Waals surface area contributed by atoms with E-state index >= 15 is 0 Å². The van der Waals surface area contributed by atoms with Crippen molar-refractivity contribution in [3.63, 3.8) is 0 Å². The first-order valence-corrected chi connectivity index (χ1v) is 8.24. The Balaban J connectivity index is 1.86. The Labute approximate surface area is 140 Å². The van der Waals surface area contributed by atoms with Gasteiger partial charge in [-0.1, -0.05) is 54.2 Å². The summed E-state index contributed by atoms with van der Waals surface area (Å²) in [6, 6.07) is 25.5. The summed E-state index contributed by atoms with van der Waals surface area (Å²) in [7, 11) is 0. The largest absolute Gasteiger partial charge is 0.321 e. The molecule has 0 aromatic heterocycles. The van der Waals surface area contributed by atoms with E-state index in [1.807, 2.05) is 60.7 Å². The zero-order valence-electron chi connectivity index (χ0n) is 12.8. The molecule has 23 heavy (non-hydrogen) atoms. The van der Waals surface area contributed by atoms with Crippen molar-refractivity contribution in [2.24, 2.45) is 0 Å². The van der Waals surface area contributed by atoms with E-state index in [0.29, 0.717) is 5.56 Å². The van der Waals surface area contributed by atoms with Crippen LogP contribution < -0.4 is 5.32 Å². The lowest BCUT2D eigenvalue weighted by Gasteiger charge is -2.12. The standard InChI is InChI=1S/C20H17NOS/c1-15-12-13-18(21-20(22)16-8-4-2-5-9-16)19(14-15)23-17-10-6-3-7-11-17/h2-14H,1H3,(H,21,22). The third-order valence-electron chi connectivity index (χ3n) is 3.39. The predicted octanol–water partition coefficient (Wildman–Crippen LogP) is 5.40. The number of aryl methyl sites for hydroxylation is 1. The van der Waals surface area contributed by atoms with Gasteiger partial charge in [-0.2, -0.15) is 0 Å². The van der Waals surface area contributed by atoms with E-state index in [9.17, 15) is 4.79 Å². The molecule has 0 aliphatic rings. The Morgan fingerprint density at radius 2 is 1.52 bits per heavy atom. The van der Waals surface area contributed by atoms with Crippen LogP contribution in [0, 0.1) is 6.92 Å². The third-order valence-corrected chi connectivity index (χ3v) is 4.46. The average molecular weight is 319 g/mol. The Morgan fingerprint density at radius 3 is 2.22 bits per heavy atom. The van der Waals surface area contributed by atoms with Crippen LogP contribution in [0.25, 0.3) is 0 Å². The van der Waals surface area contributed by atoms with Gasteiger partial charge in [-0.15, -0.1) is 0 Å². The molecular weight excluding hydrogens is 302 g/mol. The lowest BCUT2D eigenvalue weighted by Crippen LogP contribution is -2.12. The molecule has 0 radical (unpaired) electrons.